The predicted octanol–water partition coefficient (Wildman–Crippen LogP) is 5.25. The average Bonchev–Trinajstić information content (AvgIpc) is 2.50. The summed E-state index contributed by atoms with van der Waals surface area (Å²) in [5, 5.41) is 0. The molecule has 1 radical (unpaired) electrons. The number of aryl methyl sites for hydroxylation is 1. The predicted molar refractivity (Wildman–Crippen MR) is 82.0 cm³/mol. The van der Waals surface area contributed by atoms with E-state index in [0.29, 0.717) is 0 Å². The quantitative estimate of drug-likeness (QED) is 0.623. The summed E-state index contributed by atoms with van der Waals surface area (Å²) in [7, 11) is 0. The summed E-state index contributed by atoms with van der Waals surface area (Å²) in [4.78, 5) is 0. The van der Waals surface area contributed by atoms with Gasteiger partial charge in [0.1, 0.15) is 11.5 Å². The van der Waals surface area contributed by atoms with Gasteiger partial charge in [-0.1, -0.05) is 60.7 Å². The normalized spacial score (nSPS) is 10.2. The molecule has 0 aliphatic heterocycles. The topological polar surface area (TPSA) is 9.23 Å². The monoisotopic (exact) mass is 259 g/mol. The zero-order valence-electron chi connectivity index (χ0n) is 11.3. The lowest BCUT2D eigenvalue weighted by Gasteiger charge is -2.12. The second kappa shape index (κ2) is 5.62. The molecule has 0 spiro atoms. The third-order valence-electron chi connectivity index (χ3n) is 3.22. The van der Waals surface area contributed by atoms with Crippen molar-refractivity contribution in [1.29, 1.82) is 0 Å². The number of hydrogen-bond donors (Lipinski definition) is 0. The Morgan fingerprint density at radius 1 is 0.750 bits per heavy atom. The Labute approximate surface area is 119 Å². The molecule has 0 fully saturated rings. The first-order valence-corrected chi connectivity index (χ1v) is 6.64. The van der Waals surface area contributed by atoms with Crippen molar-refractivity contribution in [3.63, 3.8) is 0 Å². The summed E-state index contributed by atoms with van der Waals surface area (Å²) in [5.74, 6) is 1.58. The van der Waals surface area contributed by atoms with Gasteiger partial charge in [0.2, 0.25) is 0 Å². The van der Waals surface area contributed by atoms with Gasteiger partial charge >= 0.3 is 0 Å². The van der Waals surface area contributed by atoms with Gasteiger partial charge in [0.05, 0.1) is 0 Å². The summed E-state index contributed by atoms with van der Waals surface area (Å²) in [5.41, 5.74) is 3.47. The zero-order valence-corrected chi connectivity index (χ0v) is 11.3. The fraction of sp³-hybridized carbons (Fsp3) is 0.0526. The fourth-order valence-corrected chi connectivity index (χ4v) is 2.20. The van der Waals surface area contributed by atoms with Crippen molar-refractivity contribution in [1.82, 2.24) is 0 Å². The molecule has 97 valence electrons. The van der Waals surface area contributed by atoms with Crippen LogP contribution in [-0.2, 0) is 0 Å². The zero-order chi connectivity index (χ0) is 13.8. The third-order valence-corrected chi connectivity index (χ3v) is 3.22. The van der Waals surface area contributed by atoms with Crippen LogP contribution in [0.3, 0.4) is 0 Å². The largest absolute Gasteiger partial charge is 0.456 e. The van der Waals surface area contributed by atoms with E-state index in [2.05, 4.69) is 31.2 Å². The lowest BCUT2D eigenvalue weighted by atomic mass is 10.00. The van der Waals surface area contributed by atoms with Crippen LogP contribution in [0, 0.1) is 13.0 Å². The van der Waals surface area contributed by atoms with Gasteiger partial charge in [-0.15, -0.1) is 0 Å². The molecule has 0 aromatic heterocycles. The third kappa shape index (κ3) is 2.57. The number of para-hydroxylation sites is 2. The maximum atomic E-state index is 5.96. The first kappa shape index (κ1) is 12.5. The molecule has 3 aromatic carbocycles. The molecule has 0 atom stereocenters. The minimum absolute atomic E-state index is 0.757. The Balaban J connectivity index is 2.03. The molecule has 1 nitrogen and oxygen atoms in total. The molecule has 3 aromatic rings. The van der Waals surface area contributed by atoms with Crippen LogP contribution in [0.5, 0.6) is 11.5 Å². The van der Waals surface area contributed by atoms with E-state index in [0.717, 1.165) is 17.1 Å². The minimum atomic E-state index is 0.757. The number of rotatable bonds is 3. The Morgan fingerprint density at radius 3 is 2.25 bits per heavy atom. The summed E-state index contributed by atoms with van der Waals surface area (Å²) in [6, 6.07) is 27.2. The van der Waals surface area contributed by atoms with E-state index in [1.807, 2.05) is 54.6 Å². The Hall–Kier alpha value is -2.54. The van der Waals surface area contributed by atoms with Crippen molar-refractivity contribution in [3.05, 3.63) is 84.4 Å². The molecule has 3 rings (SSSR count). The molecule has 0 N–H and O–H groups in total. The first-order chi connectivity index (χ1) is 9.84. The minimum Gasteiger partial charge on any atom is -0.456 e. The van der Waals surface area contributed by atoms with Crippen LogP contribution < -0.4 is 4.74 Å². The molecule has 0 unspecified atom stereocenters. The molecule has 0 saturated heterocycles. The molecule has 0 bridgehead atoms. The van der Waals surface area contributed by atoms with E-state index in [-0.39, 0.29) is 0 Å². The lowest BCUT2D eigenvalue weighted by molar-refractivity contribution is 0.483. The van der Waals surface area contributed by atoms with E-state index in [1.165, 1.54) is 11.1 Å². The highest BCUT2D eigenvalue weighted by Gasteiger charge is 2.08. The van der Waals surface area contributed by atoms with Crippen molar-refractivity contribution in [2.24, 2.45) is 0 Å². The molecule has 0 saturated carbocycles. The second-order valence-corrected chi connectivity index (χ2v) is 4.64. The standard InChI is InChI=1S/C19H15O/c1-15-9-5-6-12-17(15)18-13-7-8-14-19(18)20-16-10-3-2-4-11-16/h2-13H,1H3. The Bertz CT molecular complexity index is 702. The number of hydrogen-bond acceptors (Lipinski definition) is 1. The van der Waals surface area contributed by atoms with Crippen LogP contribution in [0.1, 0.15) is 5.56 Å². The van der Waals surface area contributed by atoms with Gasteiger partial charge in [-0.3, -0.25) is 0 Å². The second-order valence-electron chi connectivity index (χ2n) is 4.64. The highest BCUT2D eigenvalue weighted by Crippen LogP contribution is 2.34. The highest BCUT2D eigenvalue weighted by molar-refractivity contribution is 5.73. The van der Waals surface area contributed by atoms with Crippen molar-refractivity contribution in [2.45, 2.75) is 6.92 Å². The van der Waals surface area contributed by atoms with Crippen molar-refractivity contribution >= 4 is 0 Å². The molecule has 0 heterocycles. The van der Waals surface area contributed by atoms with E-state index < -0.39 is 0 Å². The lowest BCUT2D eigenvalue weighted by Crippen LogP contribution is -1.89. The molecule has 20 heavy (non-hydrogen) atoms. The van der Waals surface area contributed by atoms with Crippen LogP contribution in [0.15, 0.2) is 72.8 Å². The van der Waals surface area contributed by atoms with E-state index in [1.54, 1.807) is 0 Å². The highest BCUT2D eigenvalue weighted by atomic mass is 16.5. The smallest absolute Gasteiger partial charge is 0.143 e. The van der Waals surface area contributed by atoms with Crippen molar-refractivity contribution < 1.29 is 4.74 Å². The summed E-state index contributed by atoms with van der Waals surface area (Å²) in [6.07, 6.45) is 0. The van der Waals surface area contributed by atoms with Gasteiger partial charge in [-0.25, -0.2) is 0 Å². The molecular formula is C19H15O. The summed E-state index contributed by atoms with van der Waals surface area (Å²) >= 11 is 0. The summed E-state index contributed by atoms with van der Waals surface area (Å²) < 4.78 is 5.96. The fourth-order valence-electron chi connectivity index (χ4n) is 2.20. The van der Waals surface area contributed by atoms with Gasteiger partial charge in [0.25, 0.3) is 0 Å². The van der Waals surface area contributed by atoms with Gasteiger partial charge in [0.15, 0.2) is 0 Å². The van der Waals surface area contributed by atoms with E-state index in [4.69, 9.17) is 4.74 Å². The van der Waals surface area contributed by atoms with Crippen molar-refractivity contribution in [3.8, 4) is 22.6 Å². The maximum Gasteiger partial charge on any atom is 0.143 e. The van der Waals surface area contributed by atoms with E-state index >= 15 is 0 Å². The van der Waals surface area contributed by atoms with Gasteiger partial charge in [0, 0.05) is 11.6 Å². The summed E-state index contributed by atoms with van der Waals surface area (Å²) in [6.45, 7) is 2.11. The Kier molecular flexibility index (Phi) is 3.51. The van der Waals surface area contributed by atoms with Crippen LogP contribution in [0.25, 0.3) is 11.1 Å². The molecule has 0 amide bonds. The maximum absolute atomic E-state index is 5.96. The Morgan fingerprint density at radius 2 is 1.45 bits per heavy atom. The van der Waals surface area contributed by atoms with Gasteiger partial charge in [-0.2, -0.15) is 0 Å². The van der Waals surface area contributed by atoms with Crippen LogP contribution >= 0.6 is 0 Å². The molecule has 0 aliphatic carbocycles. The SMILES string of the molecule is Cc1ccccc1-c1ccc[c]c1Oc1ccccc1. The first-order valence-electron chi connectivity index (χ1n) is 6.64. The van der Waals surface area contributed by atoms with Crippen LogP contribution in [0.4, 0.5) is 0 Å². The van der Waals surface area contributed by atoms with Crippen LogP contribution in [-0.4, -0.2) is 0 Å². The average molecular weight is 259 g/mol. The number of benzene rings is 3. The molecule has 0 aliphatic rings. The number of ether oxygens (including phenoxy) is 1. The van der Waals surface area contributed by atoms with Gasteiger partial charge < -0.3 is 4.74 Å². The van der Waals surface area contributed by atoms with Crippen LogP contribution in [0.2, 0.25) is 0 Å². The molecule has 1 heteroatoms. The van der Waals surface area contributed by atoms with Gasteiger partial charge in [-0.05, 0) is 30.2 Å². The van der Waals surface area contributed by atoms with E-state index in [9.17, 15) is 0 Å². The molecular weight excluding hydrogens is 244 g/mol. The van der Waals surface area contributed by atoms with Crippen molar-refractivity contribution in [2.75, 3.05) is 0 Å².